The van der Waals surface area contributed by atoms with Crippen molar-refractivity contribution in [2.75, 3.05) is 0 Å². The number of hydrogen-bond donors (Lipinski definition) is 1. The number of rotatable bonds is 4. The molecule has 8 nitrogen and oxygen atoms in total. The van der Waals surface area contributed by atoms with Crippen LogP contribution in [0.1, 0.15) is 27.0 Å². The van der Waals surface area contributed by atoms with E-state index in [1.165, 1.54) is 37.3 Å². The number of nitrogens with zero attached hydrogens (tertiary/aromatic N) is 1. The standard InChI is InChI=1S/C19H15NO7/c1-10-13(4-3-5-15(10)20(24)25)19(23)26-9-12-8-17(22)27-18-11(2)16(21)7-6-14(12)18/h3-8,21H,9H2,1-2H3. The van der Waals surface area contributed by atoms with E-state index in [0.29, 0.717) is 16.5 Å². The van der Waals surface area contributed by atoms with E-state index in [9.17, 15) is 24.8 Å². The summed E-state index contributed by atoms with van der Waals surface area (Å²) in [7, 11) is 0. The Morgan fingerprint density at radius 2 is 1.96 bits per heavy atom. The summed E-state index contributed by atoms with van der Waals surface area (Å²) in [4.78, 5) is 34.6. The fourth-order valence-electron chi connectivity index (χ4n) is 2.80. The van der Waals surface area contributed by atoms with Gasteiger partial charge in [-0.25, -0.2) is 9.59 Å². The van der Waals surface area contributed by atoms with Crippen LogP contribution in [0, 0.1) is 24.0 Å². The number of aromatic hydroxyl groups is 1. The van der Waals surface area contributed by atoms with Crippen LogP contribution in [-0.2, 0) is 11.3 Å². The Bertz CT molecular complexity index is 1130. The number of nitro benzene ring substituents is 1. The molecule has 0 radical (unpaired) electrons. The summed E-state index contributed by atoms with van der Waals surface area (Å²) in [6.45, 7) is 2.84. The largest absolute Gasteiger partial charge is 0.508 e. The van der Waals surface area contributed by atoms with Gasteiger partial charge in [0.25, 0.3) is 5.69 Å². The van der Waals surface area contributed by atoms with E-state index in [4.69, 9.17) is 9.15 Å². The van der Waals surface area contributed by atoms with Crippen LogP contribution in [-0.4, -0.2) is 16.0 Å². The van der Waals surface area contributed by atoms with Crippen LogP contribution in [0.25, 0.3) is 11.0 Å². The van der Waals surface area contributed by atoms with Gasteiger partial charge in [-0.05, 0) is 32.0 Å². The van der Waals surface area contributed by atoms with Crippen LogP contribution in [0.2, 0.25) is 0 Å². The van der Waals surface area contributed by atoms with Gasteiger partial charge in [0.2, 0.25) is 0 Å². The Morgan fingerprint density at radius 3 is 2.67 bits per heavy atom. The molecule has 0 spiro atoms. The lowest BCUT2D eigenvalue weighted by molar-refractivity contribution is -0.385. The Morgan fingerprint density at radius 1 is 1.22 bits per heavy atom. The number of aryl methyl sites for hydroxylation is 1. The van der Waals surface area contributed by atoms with Crippen molar-refractivity contribution in [2.24, 2.45) is 0 Å². The van der Waals surface area contributed by atoms with Gasteiger partial charge in [0.15, 0.2) is 0 Å². The van der Waals surface area contributed by atoms with Gasteiger partial charge in [0.1, 0.15) is 17.9 Å². The first-order chi connectivity index (χ1) is 12.8. The number of fused-ring (bicyclic) bond motifs is 1. The average molecular weight is 369 g/mol. The molecule has 0 aliphatic heterocycles. The first kappa shape index (κ1) is 18.1. The van der Waals surface area contributed by atoms with Crippen molar-refractivity contribution < 1.29 is 24.0 Å². The minimum atomic E-state index is -0.743. The van der Waals surface area contributed by atoms with E-state index in [2.05, 4.69) is 0 Å². The predicted molar refractivity (Wildman–Crippen MR) is 95.8 cm³/mol. The van der Waals surface area contributed by atoms with Gasteiger partial charge in [-0.15, -0.1) is 0 Å². The van der Waals surface area contributed by atoms with Crippen molar-refractivity contribution in [3.05, 3.63) is 79.2 Å². The molecule has 1 heterocycles. The second-order valence-corrected chi connectivity index (χ2v) is 5.96. The van der Waals surface area contributed by atoms with Gasteiger partial charge in [0.05, 0.1) is 10.5 Å². The smallest absolute Gasteiger partial charge is 0.338 e. The van der Waals surface area contributed by atoms with Crippen molar-refractivity contribution in [3.63, 3.8) is 0 Å². The Kier molecular flexibility index (Phi) is 4.64. The fourth-order valence-corrected chi connectivity index (χ4v) is 2.80. The normalized spacial score (nSPS) is 10.7. The Hall–Kier alpha value is -3.68. The van der Waals surface area contributed by atoms with E-state index >= 15 is 0 Å². The molecule has 0 aliphatic carbocycles. The number of ether oxygens (including phenoxy) is 1. The third-order valence-electron chi connectivity index (χ3n) is 4.30. The topological polar surface area (TPSA) is 120 Å². The maximum absolute atomic E-state index is 12.4. The van der Waals surface area contributed by atoms with Gasteiger partial charge < -0.3 is 14.3 Å². The van der Waals surface area contributed by atoms with E-state index in [1.54, 1.807) is 13.0 Å². The van der Waals surface area contributed by atoms with E-state index < -0.39 is 16.5 Å². The molecule has 0 fully saturated rings. The minimum Gasteiger partial charge on any atom is -0.508 e. The van der Waals surface area contributed by atoms with Crippen LogP contribution >= 0.6 is 0 Å². The van der Waals surface area contributed by atoms with Crippen LogP contribution in [0.5, 0.6) is 5.75 Å². The number of phenols is 1. The van der Waals surface area contributed by atoms with Crippen LogP contribution < -0.4 is 5.63 Å². The predicted octanol–water partition coefficient (Wildman–Crippen LogP) is 3.38. The van der Waals surface area contributed by atoms with Gasteiger partial charge in [0, 0.05) is 34.2 Å². The number of benzene rings is 2. The molecule has 0 aliphatic rings. The molecule has 1 N–H and O–H groups in total. The van der Waals surface area contributed by atoms with Crippen molar-refractivity contribution in [2.45, 2.75) is 20.5 Å². The zero-order valence-electron chi connectivity index (χ0n) is 14.5. The quantitative estimate of drug-likeness (QED) is 0.324. The highest BCUT2D eigenvalue weighted by Gasteiger charge is 2.19. The monoisotopic (exact) mass is 369 g/mol. The van der Waals surface area contributed by atoms with Crippen molar-refractivity contribution in [1.29, 1.82) is 0 Å². The molecular formula is C19H15NO7. The zero-order chi connectivity index (χ0) is 19.7. The number of carbonyl (C=O) groups excluding carboxylic acids is 1. The lowest BCUT2D eigenvalue weighted by Crippen LogP contribution is -2.10. The lowest BCUT2D eigenvalue weighted by atomic mass is 10.1. The molecule has 27 heavy (non-hydrogen) atoms. The summed E-state index contributed by atoms with van der Waals surface area (Å²) in [6.07, 6.45) is 0. The molecule has 138 valence electrons. The minimum absolute atomic E-state index is 0.0213. The van der Waals surface area contributed by atoms with Gasteiger partial charge in [-0.1, -0.05) is 6.07 Å². The molecule has 3 rings (SSSR count). The third-order valence-corrected chi connectivity index (χ3v) is 4.30. The molecule has 0 atom stereocenters. The third kappa shape index (κ3) is 3.37. The SMILES string of the molecule is Cc1c(C(=O)OCc2cc(=O)oc3c(C)c(O)ccc23)cccc1[N+](=O)[O-]. The molecule has 0 bridgehead atoms. The number of hydrogen-bond acceptors (Lipinski definition) is 7. The summed E-state index contributed by atoms with van der Waals surface area (Å²) in [5, 5.41) is 21.3. The zero-order valence-corrected chi connectivity index (χ0v) is 14.5. The maximum Gasteiger partial charge on any atom is 0.338 e. The first-order valence-corrected chi connectivity index (χ1v) is 7.96. The van der Waals surface area contributed by atoms with Gasteiger partial charge in [-0.3, -0.25) is 10.1 Å². The average Bonchev–Trinajstić information content (AvgIpc) is 2.62. The van der Waals surface area contributed by atoms with Crippen LogP contribution in [0.3, 0.4) is 0 Å². The molecular weight excluding hydrogens is 354 g/mol. The fraction of sp³-hybridized carbons (Fsp3) is 0.158. The molecule has 2 aromatic carbocycles. The highest BCUT2D eigenvalue weighted by Crippen LogP contribution is 2.28. The highest BCUT2D eigenvalue weighted by molar-refractivity contribution is 5.92. The van der Waals surface area contributed by atoms with E-state index in [0.717, 1.165) is 0 Å². The molecule has 0 amide bonds. The number of phenolic OH excluding ortho intramolecular Hbond substituents is 1. The molecule has 0 saturated carbocycles. The lowest BCUT2D eigenvalue weighted by Gasteiger charge is -2.10. The van der Waals surface area contributed by atoms with Gasteiger partial charge in [-0.2, -0.15) is 0 Å². The van der Waals surface area contributed by atoms with Gasteiger partial charge >= 0.3 is 11.6 Å². The van der Waals surface area contributed by atoms with Crippen molar-refractivity contribution >= 4 is 22.6 Å². The molecule has 1 aromatic heterocycles. The van der Waals surface area contributed by atoms with Crippen LogP contribution in [0.4, 0.5) is 5.69 Å². The van der Waals surface area contributed by atoms with E-state index in [-0.39, 0.29) is 34.8 Å². The Balaban J connectivity index is 1.93. The molecule has 8 heteroatoms. The summed E-state index contributed by atoms with van der Waals surface area (Å²) >= 11 is 0. The second kappa shape index (κ2) is 6.91. The number of nitro groups is 1. The number of esters is 1. The van der Waals surface area contributed by atoms with Crippen molar-refractivity contribution in [3.8, 4) is 5.75 Å². The summed E-state index contributed by atoms with van der Waals surface area (Å²) in [6, 6.07) is 8.35. The molecule has 0 saturated heterocycles. The molecule has 0 unspecified atom stereocenters. The highest BCUT2D eigenvalue weighted by atomic mass is 16.6. The number of carbonyl (C=O) groups is 1. The second-order valence-electron chi connectivity index (χ2n) is 5.96. The maximum atomic E-state index is 12.4. The van der Waals surface area contributed by atoms with E-state index in [1.807, 2.05) is 0 Å². The Labute approximate surface area is 152 Å². The first-order valence-electron chi connectivity index (χ1n) is 7.96. The summed E-state index contributed by atoms with van der Waals surface area (Å²) < 4.78 is 10.4. The summed E-state index contributed by atoms with van der Waals surface area (Å²) in [5.74, 6) is -0.764. The molecule has 3 aromatic rings. The van der Waals surface area contributed by atoms with Crippen LogP contribution in [0.15, 0.2) is 45.6 Å². The van der Waals surface area contributed by atoms with Crippen molar-refractivity contribution in [1.82, 2.24) is 0 Å². The summed E-state index contributed by atoms with van der Waals surface area (Å²) in [5.41, 5.74) is 0.458.